The van der Waals surface area contributed by atoms with Gasteiger partial charge in [0.2, 0.25) is 0 Å². The van der Waals surface area contributed by atoms with E-state index in [0.717, 1.165) is 17.4 Å². The van der Waals surface area contributed by atoms with Crippen LogP contribution >= 0.6 is 24.0 Å². The van der Waals surface area contributed by atoms with Crippen LogP contribution in [0, 0.1) is 5.92 Å². The van der Waals surface area contributed by atoms with Crippen molar-refractivity contribution in [1.82, 2.24) is 10.6 Å². The van der Waals surface area contributed by atoms with Gasteiger partial charge in [-0.3, -0.25) is 9.20 Å². The number of guanidine groups is 1. The molecule has 2 N–H and O–H groups in total. The summed E-state index contributed by atoms with van der Waals surface area (Å²) >= 11 is 0. The summed E-state index contributed by atoms with van der Waals surface area (Å²) in [6.07, 6.45) is 6.38. The number of aliphatic imine (C=N–C) groups is 1. The fourth-order valence-corrected chi connectivity index (χ4v) is 4.33. The molecule has 25 heavy (non-hydrogen) atoms. The molecule has 0 aromatic heterocycles. The van der Waals surface area contributed by atoms with Crippen LogP contribution in [0.2, 0.25) is 0 Å². The average molecular weight is 477 g/mol. The van der Waals surface area contributed by atoms with Crippen LogP contribution in [-0.4, -0.2) is 35.6 Å². The predicted octanol–water partition coefficient (Wildman–Crippen LogP) is 3.69. The van der Waals surface area contributed by atoms with Crippen molar-refractivity contribution in [2.24, 2.45) is 10.9 Å². The molecule has 1 aromatic rings. The Morgan fingerprint density at radius 2 is 2.04 bits per heavy atom. The minimum atomic E-state index is -0.849. The van der Waals surface area contributed by atoms with E-state index in [9.17, 15) is 4.21 Å². The van der Waals surface area contributed by atoms with Gasteiger partial charge in [-0.05, 0) is 24.3 Å². The van der Waals surface area contributed by atoms with E-state index < -0.39 is 10.8 Å². The maximum absolute atomic E-state index is 12.2. The van der Waals surface area contributed by atoms with Crippen LogP contribution in [-0.2, 0) is 16.6 Å². The van der Waals surface area contributed by atoms with Crippen molar-refractivity contribution >= 4 is 40.7 Å². The van der Waals surface area contributed by atoms with Crippen molar-refractivity contribution in [1.29, 1.82) is 0 Å². The van der Waals surface area contributed by atoms with Gasteiger partial charge in [-0.15, -0.1) is 24.0 Å². The van der Waals surface area contributed by atoms with Crippen LogP contribution in [0.4, 0.5) is 0 Å². The normalized spacial score (nSPS) is 21.9. The lowest BCUT2D eigenvalue weighted by Gasteiger charge is -2.30. The van der Waals surface area contributed by atoms with Crippen LogP contribution in [0.15, 0.2) is 35.3 Å². The van der Waals surface area contributed by atoms with Crippen LogP contribution < -0.4 is 10.6 Å². The Balaban J connectivity index is 0.00000312. The molecule has 3 unspecified atom stereocenters. The largest absolute Gasteiger partial charge is 0.355 e. The molecule has 0 bridgehead atoms. The first-order valence-corrected chi connectivity index (χ1v) is 10.6. The summed E-state index contributed by atoms with van der Waals surface area (Å²) in [7, 11) is 0.953. The molecule has 0 aliphatic heterocycles. The smallest absolute Gasteiger partial charge is 0.191 e. The standard InChI is InChI=1S/C19H31N3OS.HI/c1-3-16-10-7-11-18(14-16)22-19(20-2)21-12-13-24(23)15-17-8-5-4-6-9-17;/h4-6,8-9,16,18H,3,7,10-15H2,1-2H3,(H2,20,21,22);1H. The van der Waals surface area contributed by atoms with E-state index >= 15 is 0 Å². The molecule has 1 aliphatic carbocycles. The highest BCUT2D eigenvalue weighted by molar-refractivity contribution is 14.0. The first kappa shape index (κ1) is 22.4. The Morgan fingerprint density at radius 3 is 2.72 bits per heavy atom. The number of nitrogens with one attached hydrogen (secondary N) is 2. The highest BCUT2D eigenvalue weighted by atomic mass is 127. The van der Waals surface area contributed by atoms with Gasteiger partial charge in [0, 0.05) is 41.9 Å². The topological polar surface area (TPSA) is 53.5 Å². The summed E-state index contributed by atoms with van der Waals surface area (Å²) in [6.45, 7) is 2.96. The van der Waals surface area contributed by atoms with Crippen LogP contribution in [0.25, 0.3) is 0 Å². The lowest BCUT2D eigenvalue weighted by molar-refractivity contribution is 0.298. The maximum Gasteiger partial charge on any atom is 0.191 e. The summed E-state index contributed by atoms with van der Waals surface area (Å²) in [5.41, 5.74) is 1.13. The Bertz CT molecular complexity index is 539. The van der Waals surface area contributed by atoms with Crippen molar-refractivity contribution in [3.05, 3.63) is 35.9 Å². The number of hydrogen-bond donors (Lipinski definition) is 2. The molecule has 1 saturated carbocycles. The number of hydrogen-bond acceptors (Lipinski definition) is 2. The molecule has 4 nitrogen and oxygen atoms in total. The monoisotopic (exact) mass is 477 g/mol. The zero-order chi connectivity index (χ0) is 17.2. The van der Waals surface area contributed by atoms with E-state index in [0.29, 0.717) is 24.1 Å². The molecule has 1 aliphatic rings. The molecule has 2 rings (SSSR count). The molecular weight excluding hydrogens is 445 g/mol. The summed E-state index contributed by atoms with van der Waals surface area (Å²) in [5, 5.41) is 6.85. The van der Waals surface area contributed by atoms with E-state index in [1.165, 1.54) is 32.1 Å². The van der Waals surface area contributed by atoms with Gasteiger partial charge < -0.3 is 10.6 Å². The fourth-order valence-electron chi connectivity index (χ4n) is 3.30. The third-order valence-corrected chi connectivity index (χ3v) is 6.03. The predicted molar refractivity (Wildman–Crippen MR) is 119 cm³/mol. The molecule has 3 atom stereocenters. The molecule has 0 heterocycles. The van der Waals surface area contributed by atoms with Crippen LogP contribution in [0.5, 0.6) is 0 Å². The highest BCUT2D eigenvalue weighted by Gasteiger charge is 2.21. The number of halogens is 1. The second-order valence-corrected chi connectivity index (χ2v) is 8.13. The summed E-state index contributed by atoms with van der Waals surface area (Å²) in [5.74, 6) is 2.94. The van der Waals surface area contributed by atoms with E-state index in [4.69, 9.17) is 0 Å². The molecule has 0 saturated heterocycles. The molecule has 142 valence electrons. The Morgan fingerprint density at radius 1 is 1.28 bits per heavy atom. The Hall–Kier alpha value is -0.630. The average Bonchev–Trinajstić information content (AvgIpc) is 2.62. The van der Waals surface area contributed by atoms with E-state index in [-0.39, 0.29) is 24.0 Å². The Kier molecular flexibility index (Phi) is 11.4. The SMILES string of the molecule is CCC1CCCC(NC(=NC)NCCS(=O)Cc2ccccc2)C1.I. The zero-order valence-electron chi connectivity index (χ0n) is 15.4. The first-order valence-electron chi connectivity index (χ1n) is 9.07. The van der Waals surface area contributed by atoms with Gasteiger partial charge in [0.1, 0.15) is 0 Å². The van der Waals surface area contributed by atoms with Gasteiger partial charge >= 0.3 is 0 Å². The quantitative estimate of drug-likeness (QED) is 0.358. The fraction of sp³-hybridized carbons (Fsp3) is 0.632. The second kappa shape index (κ2) is 12.7. The van der Waals surface area contributed by atoms with Crippen molar-refractivity contribution in [2.75, 3.05) is 19.3 Å². The number of nitrogens with zero attached hydrogens (tertiary/aromatic N) is 1. The van der Waals surface area contributed by atoms with Crippen LogP contribution in [0.3, 0.4) is 0 Å². The van der Waals surface area contributed by atoms with E-state index in [1.807, 2.05) is 30.3 Å². The zero-order valence-corrected chi connectivity index (χ0v) is 18.5. The van der Waals surface area contributed by atoms with Gasteiger partial charge in [0.05, 0.1) is 0 Å². The van der Waals surface area contributed by atoms with E-state index in [1.54, 1.807) is 7.05 Å². The molecule has 0 radical (unpaired) electrons. The minimum Gasteiger partial charge on any atom is -0.355 e. The minimum absolute atomic E-state index is 0. The summed E-state index contributed by atoms with van der Waals surface area (Å²) < 4.78 is 12.2. The molecule has 1 fully saturated rings. The molecule has 0 amide bonds. The van der Waals surface area contributed by atoms with Crippen molar-refractivity contribution < 1.29 is 4.21 Å². The van der Waals surface area contributed by atoms with Crippen molar-refractivity contribution in [2.45, 2.75) is 50.8 Å². The second-order valence-electron chi connectivity index (χ2n) is 6.56. The van der Waals surface area contributed by atoms with Gasteiger partial charge in [-0.25, -0.2) is 0 Å². The van der Waals surface area contributed by atoms with Gasteiger partial charge in [0.15, 0.2) is 5.96 Å². The molecule has 0 spiro atoms. The van der Waals surface area contributed by atoms with Gasteiger partial charge in [-0.1, -0.05) is 56.5 Å². The third-order valence-electron chi connectivity index (χ3n) is 4.72. The molecule has 6 heteroatoms. The number of benzene rings is 1. The lowest BCUT2D eigenvalue weighted by atomic mass is 9.84. The highest BCUT2D eigenvalue weighted by Crippen LogP contribution is 2.26. The first-order chi connectivity index (χ1) is 11.7. The molecule has 1 aromatic carbocycles. The Labute approximate surface area is 172 Å². The van der Waals surface area contributed by atoms with E-state index in [2.05, 4.69) is 22.5 Å². The summed E-state index contributed by atoms with van der Waals surface area (Å²) in [4.78, 5) is 4.31. The van der Waals surface area contributed by atoms with Gasteiger partial charge in [0.25, 0.3) is 0 Å². The summed E-state index contributed by atoms with van der Waals surface area (Å²) in [6, 6.07) is 10.5. The number of rotatable bonds is 7. The lowest BCUT2D eigenvalue weighted by Crippen LogP contribution is -2.46. The maximum atomic E-state index is 12.2. The van der Waals surface area contributed by atoms with Crippen molar-refractivity contribution in [3.63, 3.8) is 0 Å². The van der Waals surface area contributed by atoms with Crippen LogP contribution in [0.1, 0.15) is 44.6 Å². The third kappa shape index (κ3) is 8.53. The van der Waals surface area contributed by atoms with Gasteiger partial charge in [-0.2, -0.15) is 0 Å². The molecular formula is C19H32IN3OS. The van der Waals surface area contributed by atoms with Crippen molar-refractivity contribution in [3.8, 4) is 0 Å².